The van der Waals surface area contributed by atoms with Gasteiger partial charge in [0.1, 0.15) is 17.7 Å². The van der Waals surface area contributed by atoms with Gasteiger partial charge in [0.25, 0.3) is 0 Å². The maximum absolute atomic E-state index is 4.62. The highest BCUT2D eigenvalue weighted by Gasteiger charge is 2.33. The Bertz CT molecular complexity index is 1060. The Hall–Kier alpha value is -3.30. The average Bonchev–Trinajstić information content (AvgIpc) is 3.20. The summed E-state index contributed by atoms with van der Waals surface area (Å²) in [4.78, 5) is 20.3. The van der Waals surface area contributed by atoms with Crippen molar-refractivity contribution < 1.29 is 0 Å². The van der Waals surface area contributed by atoms with Gasteiger partial charge in [0.15, 0.2) is 22.9 Å². The normalized spacial score (nSPS) is 15.0. The summed E-state index contributed by atoms with van der Waals surface area (Å²) in [5, 5.41) is 12.7. The Morgan fingerprint density at radius 3 is 2.92 bits per heavy atom. The van der Waals surface area contributed by atoms with Crippen molar-refractivity contribution in [1.82, 2.24) is 39.7 Å². The van der Waals surface area contributed by atoms with E-state index in [1.807, 2.05) is 26.1 Å². The standard InChI is InChI=1S/C15H16N10/c1-9-20-21-11-3-4-12(22-25(9)11)24-5-10(6-24)23(2)15-13-14(17-7-16-13)18-8-19-15/h3-4,7-8,10H,5-6H2,1-2H3,(H,16,17,18,19). The Morgan fingerprint density at radius 2 is 2.04 bits per heavy atom. The van der Waals surface area contributed by atoms with Gasteiger partial charge in [0.05, 0.1) is 12.4 Å². The minimum Gasteiger partial charge on any atom is -0.351 e. The molecular formula is C15H16N10. The molecule has 25 heavy (non-hydrogen) atoms. The zero-order chi connectivity index (χ0) is 17.0. The maximum Gasteiger partial charge on any atom is 0.182 e. The fraction of sp³-hybridized carbons (Fsp3) is 0.333. The van der Waals surface area contributed by atoms with Crippen LogP contribution in [0, 0.1) is 6.92 Å². The third kappa shape index (κ3) is 2.10. The Labute approximate surface area is 142 Å². The van der Waals surface area contributed by atoms with Crippen LogP contribution >= 0.6 is 0 Å². The Kier molecular flexibility index (Phi) is 2.87. The second-order valence-corrected chi connectivity index (χ2v) is 6.18. The predicted octanol–water partition coefficient (Wildman–Crippen LogP) is 0.424. The fourth-order valence-corrected chi connectivity index (χ4v) is 3.14. The number of anilines is 2. The molecule has 0 amide bonds. The molecule has 5 rings (SSSR count). The first-order valence-corrected chi connectivity index (χ1v) is 8.01. The third-order valence-corrected chi connectivity index (χ3v) is 4.68. The lowest BCUT2D eigenvalue weighted by Gasteiger charge is -2.44. The summed E-state index contributed by atoms with van der Waals surface area (Å²) in [6.07, 6.45) is 3.19. The van der Waals surface area contributed by atoms with Gasteiger partial charge in [-0.05, 0) is 19.1 Å². The summed E-state index contributed by atoms with van der Waals surface area (Å²) >= 11 is 0. The lowest BCUT2D eigenvalue weighted by molar-refractivity contribution is 0.487. The van der Waals surface area contributed by atoms with Crippen LogP contribution in [0.4, 0.5) is 11.6 Å². The molecule has 0 atom stereocenters. The van der Waals surface area contributed by atoms with Crippen LogP contribution in [-0.2, 0) is 0 Å². The molecule has 0 aliphatic carbocycles. The first-order valence-electron chi connectivity index (χ1n) is 8.01. The molecule has 1 saturated heterocycles. The maximum atomic E-state index is 4.62. The lowest BCUT2D eigenvalue weighted by atomic mass is 10.1. The van der Waals surface area contributed by atoms with Gasteiger partial charge in [-0.25, -0.2) is 15.0 Å². The first-order chi connectivity index (χ1) is 12.2. The predicted molar refractivity (Wildman–Crippen MR) is 91.6 cm³/mol. The molecular weight excluding hydrogens is 320 g/mol. The van der Waals surface area contributed by atoms with E-state index >= 15 is 0 Å². The van der Waals surface area contributed by atoms with Crippen LogP contribution in [0.15, 0.2) is 24.8 Å². The number of aromatic amines is 1. The zero-order valence-electron chi connectivity index (χ0n) is 13.8. The number of nitrogens with zero attached hydrogens (tertiary/aromatic N) is 9. The summed E-state index contributed by atoms with van der Waals surface area (Å²) in [6, 6.07) is 4.27. The molecule has 0 bridgehead atoms. The minimum absolute atomic E-state index is 0.348. The van der Waals surface area contributed by atoms with Crippen molar-refractivity contribution in [3.05, 3.63) is 30.6 Å². The number of H-pyrrole nitrogens is 1. The Balaban J connectivity index is 1.37. The number of hydrogen-bond acceptors (Lipinski definition) is 8. The molecule has 4 aromatic rings. The number of likely N-dealkylation sites (N-methyl/N-ethyl adjacent to an activating group) is 1. The quantitative estimate of drug-likeness (QED) is 0.574. The second-order valence-electron chi connectivity index (χ2n) is 6.18. The van der Waals surface area contributed by atoms with Gasteiger partial charge in [0.2, 0.25) is 0 Å². The smallest absolute Gasteiger partial charge is 0.182 e. The number of hydrogen-bond donors (Lipinski definition) is 1. The van der Waals surface area contributed by atoms with Crippen molar-refractivity contribution >= 4 is 28.4 Å². The van der Waals surface area contributed by atoms with Crippen LogP contribution in [0.3, 0.4) is 0 Å². The summed E-state index contributed by atoms with van der Waals surface area (Å²) in [7, 11) is 2.05. The molecule has 0 spiro atoms. The van der Waals surface area contributed by atoms with Crippen LogP contribution in [-0.4, -0.2) is 65.9 Å². The molecule has 1 N–H and O–H groups in total. The van der Waals surface area contributed by atoms with Crippen LogP contribution in [0.5, 0.6) is 0 Å². The molecule has 0 unspecified atom stereocenters. The highest BCUT2D eigenvalue weighted by atomic mass is 15.4. The van der Waals surface area contributed by atoms with Crippen molar-refractivity contribution in [2.24, 2.45) is 0 Å². The van der Waals surface area contributed by atoms with Crippen LogP contribution in [0.2, 0.25) is 0 Å². The first kappa shape index (κ1) is 14.1. The van der Waals surface area contributed by atoms with Gasteiger partial charge in [-0.1, -0.05) is 0 Å². The molecule has 10 nitrogen and oxygen atoms in total. The topological polar surface area (TPSA) is 104 Å². The molecule has 0 saturated carbocycles. The molecule has 5 heterocycles. The number of imidazole rings is 1. The van der Waals surface area contributed by atoms with E-state index in [-0.39, 0.29) is 0 Å². The largest absolute Gasteiger partial charge is 0.351 e. The van der Waals surface area contributed by atoms with Crippen molar-refractivity contribution in [2.75, 3.05) is 29.9 Å². The molecule has 126 valence electrons. The van der Waals surface area contributed by atoms with E-state index in [1.54, 1.807) is 17.2 Å². The van der Waals surface area contributed by atoms with Gasteiger partial charge in [-0.15, -0.1) is 15.3 Å². The molecule has 1 aliphatic heterocycles. The van der Waals surface area contributed by atoms with Gasteiger partial charge in [-0.2, -0.15) is 4.52 Å². The summed E-state index contributed by atoms with van der Waals surface area (Å²) in [6.45, 7) is 3.64. The van der Waals surface area contributed by atoms with Gasteiger partial charge >= 0.3 is 0 Å². The Morgan fingerprint density at radius 1 is 1.16 bits per heavy atom. The van der Waals surface area contributed by atoms with Crippen molar-refractivity contribution in [2.45, 2.75) is 13.0 Å². The average molecular weight is 336 g/mol. The van der Waals surface area contributed by atoms with E-state index in [4.69, 9.17) is 0 Å². The zero-order valence-corrected chi connectivity index (χ0v) is 13.8. The SMILES string of the molecule is Cc1nnc2ccc(N3CC(N(C)c4ncnc5nc[nH]c45)C3)nn12. The third-order valence-electron chi connectivity index (χ3n) is 4.68. The number of nitrogens with one attached hydrogen (secondary N) is 1. The summed E-state index contributed by atoms with van der Waals surface area (Å²) < 4.78 is 1.77. The van der Waals surface area contributed by atoms with Gasteiger partial charge < -0.3 is 14.8 Å². The molecule has 10 heteroatoms. The highest BCUT2D eigenvalue weighted by Crippen LogP contribution is 2.26. The molecule has 1 aliphatic rings. The second kappa shape index (κ2) is 5.10. The monoisotopic (exact) mass is 336 g/mol. The van der Waals surface area contributed by atoms with Crippen LogP contribution < -0.4 is 9.80 Å². The van der Waals surface area contributed by atoms with E-state index in [2.05, 4.69) is 45.0 Å². The number of aromatic nitrogens is 8. The van der Waals surface area contributed by atoms with E-state index in [1.165, 1.54) is 0 Å². The minimum atomic E-state index is 0.348. The number of rotatable bonds is 3. The van der Waals surface area contributed by atoms with Gasteiger partial charge in [0, 0.05) is 20.1 Å². The van der Waals surface area contributed by atoms with E-state index in [0.717, 1.165) is 41.7 Å². The van der Waals surface area contributed by atoms with Crippen molar-refractivity contribution in [1.29, 1.82) is 0 Å². The van der Waals surface area contributed by atoms with Crippen LogP contribution in [0.25, 0.3) is 16.8 Å². The van der Waals surface area contributed by atoms with E-state index < -0.39 is 0 Å². The molecule has 0 radical (unpaired) electrons. The summed E-state index contributed by atoms with van der Waals surface area (Å²) in [5.74, 6) is 2.58. The van der Waals surface area contributed by atoms with Gasteiger partial charge in [-0.3, -0.25) is 0 Å². The van der Waals surface area contributed by atoms with Crippen molar-refractivity contribution in [3.63, 3.8) is 0 Å². The fourth-order valence-electron chi connectivity index (χ4n) is 3.14. The summed E-state index contributed by atoms with van der Waals surface area (Å²) in [5.41, 5.74) is 2.31. The van der Waals surface area contributed by atoms with E-state index in [9.17, 15) is 0 Å². The van der Waals surface area contributed by atoms with Crippen molar-refractivity contribution in [3.8, 4) is 0 Å². The lowest BCUT2D eigenvalue weighted by Crippen LogP contribution is -2.59. The molecule has 1 fully saturated rings. The number of aryl methyl sites for hydroxylation is 1. The molecule has 4 aromatic heterocycles. The highest BCUT2D eigenvalue weighted by molar-refractivity contribution is 5.82. The van der Waals surface area contributed by atoms with E-state index in [0.29, 0.717) is 11.7 Å². The van der Waals surface area contributed by atoms with Crippen LogP contribution in [0.1, 0.15) is 5.82 Å². The number of fused-ring (bicyclic) bond motifs is 2. The molecule has 0 aromatic carbocycles.